The molecular formula is C14H13NO3S. The van der Waals surface area contributed by atoms with Crippen molar-refractivity contribution in [2.75, 3.05) is 5.73 Å². The maximum Gasteiger partial charge on any atom is 0.208 e. The Bertz CT molecular complexity index is 736. The van der Waals surface area contributed by atoms with E-state index in [-0.39, 0.29) is 21.0 Å². The first-order valence-electron chi connectivity index (χ1n) is 5.62. The minimum atomic E-state index is -3.71. The van der Waals surface area contributed by atoms with Crippen molar-refractivity contribution in [3.05, 3.63) is 53.6 Å². The summed E-state index contributed by atoms with van der Waals surface area (Å²) in [6, 6.07) is 10.9. The van der Waals surface area contributed by atoms with Gasteiger partial charge in [0.15, 0.2) is 6.29 Å². The zero-order chi connectivity index (χ0) is 14.0. The Morgan fingerprint density at radius 3 is 2.42 bits per heavy atom. The summed E-state index contributed by atoms with van der Waals surface area (Å²) in [5, 5.41) is 0. The maximum atomic E-state index is 12.5. The maximum absolute atomic E-state index is 12.5. The fourth-order valence-corrected chi connectivity index (χ4v) is 3.33. The number of hydrogen-bond acceptors (Lipinski definition) is 4. The molecule has 0 aliphatic rings. The highest BCUT2D eigenvalue weighted by Crippen LogP contribution is 2.27. The van der Waals surface area contributed by atoms with Crippen molar-refractivity contribution < 1.29 is 13.2 Å². The lowest BCUT2D eigenvalue weighted by Crippen LogP contribution is -2.07. The van der Waals surface area contributed by atoms with Crippen LogP contribution >= 0.6 is 0 Å². The molecule has 0 aliphatic carbocycles. The molecule has 0 bridgehead atoms. The molecule has 0 amide bonds. The Morgan fingerprint density at radius 2 is 1.79 bits per heavy atom. The number of nitrogen functional groups attached to an aromatic ring is 1. The molecule has 0 fully saturated rings. The molecule has 2 rings (SSSR count). The number of anilines is 1. The lowest BCUT2D eigenvalue weighted by atomic mass is 10.2. The molecule has 0 atom stereocenters. The van der Waals surface area contributed by atoms with Gasteiger partial charge in [-0.05, 0) is 36.8 Å². The number of hydrogen-bond donors (Lipinski definition) is 1. The van der Waals surface area contributed by atoms with Crippen LogP contribution < -0.4 is 5.73 Å². The molecule has 4 nitrogen and oxygen atoms in total. The minimum Gasteiger partial charge on any atom is -0.397 e. The Hall–Kier alpha value is -2.14. The first-order chi connectivity index (χ1) is 8.96. The van der Waals surface area contributed by atoms with E-state index in [4.69, 9.17) is 5.73 Å². The molecule has 0 heterocycles. The number of rotatable bonds is 3. The van der Waals surface area contributed by atoms with Crippen LogP contribution in [0.2, 0.25) is 0 Å². The van der Waals surface area contributed by atoms with E-state index >= 15 is 0 Å². The Morgan fingerprint density at radius 1 is 1.11 bits per heavy atom. The molecule has 0 aliphatic heterocycles. The van der Waals surface area contributed by atoms with Gasteiger partial charge in [0.1, 0.15) is 0 Å². The normalized spacial score (nSPS) is 11.2. The Balaban J connectivity index is 2.67. The number of aryl methyl sites for hydroxylation is 1. The fourth-order valence-electron chi connectivity index (χ4n) is 1.81. The molecule has 0 unspecified atom stereocenters. The zero-order valence-corrected chi connectivity index (χ0v) is 11.1. The second-order valence-corrected chi connectivity index (χ2v) is 6.11. The van der Waals surface area contributed by atoms with Gasteiger partial charge in [0, 0.05) is 5.56 Å². The van der Waals surface area contributed by atoms with E-state index in [1.54, 1.807) is 12.1 Å². The van der Waals surface area contributed by atoms with E-state index in [0.29, 0.717) is 6.29 Å². The average Bonchev–Trinajstić information content (AvgIpc) is 2.38. The van der Waals surface area contributed by atoms with Gasteiger partial charge in [-0.2, -0.15) is 0 Å². The van der Waals surface area contributed by atoms with E-state index < -0.39 is 9.84 Å². The Kier molecular flexibility index (Phi) is 3.40. The molecule has 5 heteroatoms. The van der Waals surface area contributed by atoms with Gasteiger partial charge >= 0.3 is 0 Å². The molecule has 0 aromatic heterocycles. The van der Waals surface area contributed by atoms with E-state index in [1.165, 1.54) is 24.3 Å². The zero-order valence-electron chi connectivity index (χ0n) is 10.3. The van der Waals surface area contributed by atoms with Gasteiger partial charge in [-0.25, -0.2) is 8.42 Å². The van der Waals surface area contributed by atoms with Crippen molar-refractivity contribution in [2.24, 2.45) is 0 Å². The molecule has 0 saturated carbocycles. The molecule has 98 valence electrons. The number of sulfone groups is 1. The predicted octanol–water partition coefficient (Wildman–Crippen LogP) is 2.22. The molecule has 0 saturated heterocycles. The molecule has 0 spiro atoms. The first-order valence-corrected chi connectivity index (χ1v) is 7.10. The third-order valence-electron chi connectivity index (χ3n) is 2.82. The highest BCUT2D eigenvalue weighted by Gasteiger charge is 2.21. The highest BCUT2D eigenvalue weighted by atomic mass is 32.2. The van der Waals surface area contributed by atoms with Crippen molar-refractivity contribution in [1.82, 2.24) is 0 Å². The monoisotopic (exact) mass is 275 g/mol. The van der Waals surface area contributed by atoms with Crippen LogP contribution in [0.4, 0.5) is 5.69 Å². The lowest BCUT2D eigenvalue weighted by Gasteiger charge is -2.09. The van der Waals surface area contributed by atoms with Gasteiger partial charge in [0.05, 0.1) is 15.5 Å². The van der Waals surface area contributed by atoms with Crippen LogP contribution in [0.1, 0.15) is 15.9 Å². The number of benzene rings is 2. The average molecular weight is 275 g/mol. The summed E-state index contributed by atoms with van der Waals surface area (Å²) in [4.78, 5) is 11.0. The summed E-state index contributed by atoms with van der Waals surface area (Å²) in [6.07, 6.45) is 0.546. The van der Waals surface area contributed by atoms with Gasteiger partial charge in [0.25, 0.3) is 0 Å². The second kappa shape index (κ2) is 4.85. The summed E-state index contributed by atoms with van der Waals surface area (Å²) >= 11 is 0. The largest absolute Gasteiger partial charge is 0.397 e. The van der Waals surface area contributed by atoms with Crippen LogP contribution in [0.15, 0.2) is 52.3 Å². The van der Waals surface area contributed by atoms with Gasteiger partial charge in [-0.15, -0.1) is 0 Å². The minimum absolute atomic E-state index is 0.0148. The van der Waals surface area contributed by atoms with Crippen LogP contribution in [0.5, 0.6) is 0 Å². The number of carbonyl (C=O) groups is 1. The van der Waals surface area contributed by atoms with Crippen LogP contribution in [0.25, 0.3) is 0 Å². The summed E-state index contributed by atoms with van der Waals surface area (Å²) in [6.45, 7) is 1.81. The molecule has 0 radical (unpaired) electrons. The van der Waals surface area contributed by atoms with E-state index in [9.17, 15) is 13.2 Å². The summed E-state index contributed by atoms with van der Waals surface area (Å²) < 4.78 is 25.0. The van der Waals surface area contributed by atoms with Crippen molar-refractivity contribution in [3.8, 4) is 0 Å². The molecular weight excluding hydrogens is 262 g/mol. The van der Waals surface area contributed by atoms with Crippen LogP contribution in [-0.2, 0) is 9.84 Å². The van der Waals surface area contributed by atoms with E-state index in [0.717, 1.165) is 5.56 Å². The number of nitrogens with two attached hydrogens (primary N) is 1. The third-order valence-corrected chi connectivity index (χ3v) is 4.63. The van der Waals surface area contributed by atoms with Crippen molar-refractivity contribution in [2.45, 2.75) is 16.7 Å². The van der Waals surface area contributed by atoms with Gasteiger partial charge in [0.2, 0.25) is 9.84 Å². The topological polar surface area (TPSA) is 77.2 Å². The van der Waals surface area contributed by atoms with Gasteiger partial charge in [-0.3, -0.25) is 4.79 Å². The smallest absolute Gasteiger partial charge is 0.208 e. The summed E-state index contributed by atoms with van der Waals surface area (Å²) in [7, 11) is -3.71. The van der Waals surface area contributed by atoms with E-state index in [2.05, 4.69) is 0 Å². The van der Waals surface area contributed by atoms with Crippen molar-refractivity contribution in [3.63, 3.8) is 0 Å². The second-order valence-electron chi connectivity index (χ2n) is 4.20. The third kappa shape index (κ3) is 2.37. The van der Waals surface area contributed by atoms with Gasteiger partial charge in [-0.1, -0.05) is 18.2 Å². The van der Waals surface area contributed by atoms with Crippen LogP contribution in [0.3, 0.4) is 0 Å². The standard InChI is InChI=1S/C14H13NO3S/c1-10-4-2-6-12(8-10)19(17,18)13-7-3-5-11(9-16)14(13)15/h2-9H,15H2,1H3. The predicted molar refractivity (Wildman–Crippen MR) is 72.9 cm³/mol. The van der Waals surface area contributed by atoms with Crippen LogP contribution in [0, 0.1) is 6.92 Å². The Labute approximate surface area is 111 Å². The summed E-state index contributed by atoms with van der Waals surface area (Å²) in [5.41, 5.74) is 6.74. The molecule has 2 N–H and O–H groups in total. The fraction of sp³-hybridized carbons (Fsp3) is 0.0714. The molecule has 2 aromatic rings. The van der Waals surface area contributed by atoms with E-state index in [1.807, 2.05) is 13.0 Å². The van der Waals surface area contributed by atoms with Crippen molar-refractivity contribution in [1.29, 1.82) is 0 Å². The van der Waals surface area contributed by atoms with Crippen LogP contribution in [-0.4, -0.2) is 14.7 Å². The van der Waals surface area contributed by atoms with Crippen molar-refractivity contribution >= 4 is 21.8 Å². The quantitative estimate of drug-likeness (QED) is 0.688. The highest BCUT2D eigenvalue weighted by molar-refractivity contribution is 7.91. The SMILES string of the molecule is Cc1cccc(S(=O)(=O)c2cccc(C=O)c2N)c1. The number of carbonyl (C=O) groups excluding carboxylic acids is 1. The number of para-hydroxylation sites is 1. The van der Waals surface area contributed by atoms with Gasteiger partial charge < -0.3 is 5.73 Å². The summed E-state index contributed by atoms with van der Waals surface area (Å²) in [5.74, 6) is 0. The molecule has 2 aromatic carbocycles. The first kappa shape index (κ1) is 13.3. The number of aldehydes is 1. The molecule has 19 heavy (non-hydrogen) atoms. The lowest BCUT2D eigenvalue weighted by molar-refractivity contribution is 0.112.